The first-order chi connectivity index (χ1) is 8.59. The minimum absolute atomic E-state index is 0.447. The monoisotopic (exact) mass is 328 g/mol. The maximum Gasteiger partial charge on any atom is 0.310 e. The second kappa shape index (κ2) is 6.11. The van der Waals surface area contributed by atoms with E-state index in [2.05, 4.69) is 22.0 Å². The van der Waals surface area contributed by atoms with Gasteiger partial charge in [0.25, 0.3) is 0 Å². The van der Waals surface area contributed by atoms with Crippen LogP contribution in [-0.4, -0.2) is 22.6 Å². The van der Waals surface area contributed by atoms with Crippen molar-refractivity contribution in [1.82, 2.24) is 0 Å². The summed E-state index contributed by atoms with van der Waals surface area (Å²) in [6.07, 6.45) is 2.44. The van der Waals surface area contributed by atoms with Gasteiger partial charge in [-0.1, -0.05) is 28.1 Å². The molecule has 1 aromatic carbocycles. The molecule has 0 amide bonds. The Labute approximate surface area is 120 Å². The van der Waals surface area contributed by atoms with Gasteiger partial charge in [-0.2, -0.15) is 11.8 Å². The molecule has 0 aromatic heterocycles. The molecule has 1 heterocycles. The maximum absolute atomic E-state index is 11.0. The van der Waals surface area contributed by atoms with Crippen molar-refractivity contribution in [3.8, 4) is 0 Å². The van der Waals surface area contributed by atoms with Gasteiger partial charge in [0, 0.05) is 4.47 Å². The van der Waals surface area contributed by atoms with Crippen LogP contribution in [-0.2, 0) is 4.79 Å². The number of carbonyl (C=O) groups is 1. The van der Waals surface area contributed by atoms with E-state index in [1.165, 1.54) is 29.9 Å². The van der Waals surface area contributed by atoms with Crippen molar-refractivity contribution in [3.63, 3.8) is 0 Å². The highest BCUT2D eigenvalue weighted by atomic mass is 79.9. The van der Waals surface area contributed by atoms with Crippen LogP contribution in [0.25, 0.3) is 0 Å². The number of halogens is 1. The fourth-order valence-corrected chi connectivity index (χ4v) is 4.12. The van der Waals surface area contributed by atoms with Crippen LogP contribution in [0.4, 0.5) is 0 Å². The Kier molecular flexibility index (Phi) is 4.73. The standard InChI is InChI=1S/C14H17BrO2S/c1-9(14(16)17)11-2-3-12(13(15)8-11)10-4-6-18-7-5-10/h2-3,8-10H,4-7H2,1H3,(H,16,17). The van der Waals surface area contributed by atoms with E-state index in [4.69, 9.17) is 5.11 Å². The highest BCUT2D eigenvalue weighted by Crippen LogP contribution is 2.36. The molecule has 1 aliphatic heterocycles. The molecule has 0 spiro atoms. The van der Waals surface area contributed by atoms with E-state index in [9.17, 15) is 4.79 Å². The molecular weight excluding hydrogens is 312 g/mol. The van der Waals surface area contributed by atoms with Crippen molar-refractivity contribution in [2.45, 2.75) is 31.6 Å². The van der Waals surface area contributed by atoms with E-state index >= 15 is 0 Å². The lowest BCUT2D eigenvalue weighted by Gasteiger charge is -2.23. The highest BCUT2D eigenvalue weighted by Gasteiger charge is 2.20. The quantitative estimate of drug-likeness (QED) is 0.901. The summed E-state index contributed by atoms with van der Waals surface area (Å²) in [5, 5.41) is 9.03. The van der Waals surface area contributed by atoms with Crippen LogP contribution in [0.2, 0.25) is 0 Å². The Morgan fingerprint density at radius 2 is 2.11 bits per heavy atom. The molecule has 2 rings (SSSR count). The molecule has 1 saturated heterocycles. The Bertz CT molecular complexity index is 441. The summed E-state index contributed by atoms with van der Waals surface area (Å²) >= 11 is 5.62. The van der Waals surface area contributed by atoms with E-state index in [0.717, 1.165) is 10.0 Å². The van der Waals surface area contributed by atoms with Crippen molar-refractivity contribution in [3.05, 3.63) is 33.8 Å². The predicted molar refractivity (Wildman–Crippen MR) is 79.5 cm³/mol. The number of hydrogen-bond donors (Lipinski definition) is 1. The lowest BCUT2D eigenvalue weighted by Crippen LogP contribution is -2.10. The van der Waals surface area contributed by atoms with Gasteiger partial charge in [-0.25, -0.2) is 0 Å². The molecule has 1 atom stereocenters. The third-order valence-electron chi connectivity index (χ3n) is 3.56. The number of carboxylic acids is 1. The van der Waals surface area contributed by atoms with Gasteiger partial charge in [-0.15, -0.1) is 0 Å². The van der Waals surface area contributed by atoms with E-state index in [1.54, 1.807) is 6.92 Å². The van der Waals surface area contributed by atoms with Crippen molar-refractivity contribution in [2.75, 3.05) is 11.5 Å². The lowest BCUT2D eigenvalue weighted by atomic mass is 9.91. The van der Waals surface area contributed by atoms with Crippen molar-refractivity contribution < 1.29 is 9.90 Å². The smallest absolute Gasteiger partial charge is 0.310 e. The van der Waals surface area contributed by atoms with Crippen molar-refractivity contribution in [1.29, 1.82) is 0 Å². The van der Waals surface area contributed by atoms with Crippen LogP contribution < -0.4 is 0 Å². The normalized spacial score (nSPS) is 18.6. The molecule has 98 valence electrons. The Morgan fingerprint density at radius 1 is 1.44 bits per heavy atom. The summed E-state index contributed by atoms with van der Waals surface area (Å²) in [6.45, 7) is 1.72. The number of hydrogen-bond acceptors (Lipinski definition) is 2. The lowest BCUT2D eigenvalue weighted by molar-refractivity contribution is -0.138. The number of benzene rings is 1. The van der Waals surface area contributed by atoms with Crippen molar-refractivity contribution in [2.24, 2.45) is 0 Å². The fraction of sp³-hybridized carbons (Fsp3) is 0.500. The summed E-state index contributed by atoms with van der Waals surface area (Å²) in [5.41, 5.74) is 2.19. The first-order valence-corrected chi connectivity index (χ1v) is 8.14. The third kappa shape index (κ3) is 3.09. The number of thioether (sulfide) groups is 1. The van der Waals surface area contributed by atoms with Crippen LogP contribution in [0.5, 0.6) is 0 Å². The summed E-state index contributed by atoms with van der Waals surface area (Å²) in [7, 11) is 0. The molecule has 0 radical (unpaired) electrons. The summed E-state index contributed by atoms with van der Waals surface area (Å²) in [5.74, 6) is 1.85. The van der Waals surface area contributed by atoms with Crippen LogP contribution in [0.1, 0.15) is 42.7 Å². The van der Waals surface area contributed by atoms with Gasteiger partial charge in [0.1, 0.15) is 0 Å². The second-order valence-corrected chi connectivity index (χ2v) is 6.81. The maximum atomic E-state index is 11.0. The Hall–Kier alpha value is -0.480. The number of carboxylic acid groups (broad SMARTS) is 1. The topological polar surface area (TPSA) is 37.3 Å². The SMILES string of the molecule is CC(C(=O)O)c1ccc(C2CCSCC2)c(Br)c1. The summed E-state index contributed by atoms with van der Waals surface area (Å²) in [6, 6.07) is 6.02. The Morgan fingerprint density at radius 3 is 2.67 bits per heavy atom. The molecule has 0 saturated carbocycles. The van der Waals surface area contributed by atoms with Gasteiger partial charge in [-0.3, -0.25) is 4.79 Å². The van der Waals surface area contributed by atoms with Crippen LogP contribution in [0, 0.1) is 0 Å². The average molecular weight is 329 g/mol. The van der Waals surface area contributed by atoms with Gasteiger partial charge in [0.15, 0.2) is 0 Å². The van der Waals surface area contributed by atoms with Gasteiger partial charge in [0.05, 0.1) is 5.92 Å². The molecule has 1 N–H and O–H groups in total. The summed E-state index contributed by atoms with van der Waals surface area (Å²) in [4.78, 5) is 11.0. The van der Waals surface area contributed by atoms with Gasteiger partial charge >= 0.3 is 5.97 Å². The zero-order chi connectivity index (χ0) is 13.1. The predicted octanol–water partition coefficient (Wildman–Crippen LogP) is 4.25. The zero-order valence-electron chi connectivity index (χ0n) is 10.4. The van der Waals surface area contributed by atoms with E-state index in [1.807, 2.05) is 23.9 Å². The number of rotatable bonds is 3. The molecule has 0 aliphatic carbocycles. The third-order valence-corrected chi connectivity index (χ3v) is 5.29. The highest BCUT2D eigenvalue weighted by molar-refractivity contribution is 9.10. The molecular formula is C14H17BrO2S. The van der Waals surface area contributed by atoms with Crippen LogP contribution in [0.15, 0.2) is 22.7 Å². The molecule has 1 fully saturated rings. The molecule has 4 heteroatoms. The fourth-order valence-electron chi connectivity index (χ4n) is 2.29. The largest absolute Gasteiger partial charge is 0.481 e. The molecule has 0 bridgehead atoms. The zero-order valence-corrected chi connectivity index (χ0v) is 12.8. The van der Waals surface area contributed by atoms with Crippen molar-refractivity contribution >= 4 is 33.7 Å². The second-order valence-electron chi connectivity index (χ2n) is 4.73. The van der Waals surface area contributed by atoms with Crippen LogP contribution in [0.3, 0.4) is 0 Å². The van der Waals surface area contributed by atoms with E-state index in [0.29, 0.717) is 5.92 Å². The van der Waals surface area contributed by atoms with Crippen LogP contribution >= 0.6 is 27.7 Å². The minimum atomic E-state index is -0.774. The number of aliphatic carboxylic acids is 1. The average Bonchev–Trinajstić information content (AvgIpc) is 2.38. The Balaban J connectivity index is 2.21. The minimum Gasteiger partial charge on any atom is -0.481 e. The van der Waals surface area contributed by atoms with E-state index < -0.39 is 11.9 Å². The summed E-state index contributed by atoms with van der Waals surface area (Å²) < 4.78 is 1.06. The molecule has 1 aromatic rings. The molecule has 1 unspecified atom stereocenters. The first kappa shape index (κ1) is 13.9. The molecule has 1 aliphatic rings. The molecule has 2 nitrogen and oxygen atoms in total. The van der Waals surface area contributed by atoms with E-state index in [-0.39, 0.29) is 0 Å². The first-order valence-electron chi connectivity index (χ1n) is 6.19. The van der Waals surface area contributed by atoms with Gasteiger partial charge in [0.2, 0.25) is 0 Å². The van der Waals surface area contributed by atoms with Gasteiger partial charge in [-0.05, 0) is 54.4 Å². The van der Waals surface area contributed by atoms with Gasteiger partial charge < -0.3 is 5.11 Å². The molecule has 18 heavy (non-hydrogen) atoms.